The number of halogens is 1. The van der Waals surface area contributed by atoms with E-state index in [2.05, 4.69) is 0 Å². The lowest BCUT2D eigenvalue weighted by molar-refractivity contribution is 0.443. The monoisotopic (exact) mass is 268 g/mol. The van der Waals surface area contributed by atoms with Gasteiger partial charge in [-0.3, -0.25) is 0 Å². The zero-order valence-electron chi connectivity index (χ0n) is 9.63. The molecule has 5 heteroatoms. The fourth-order valence-corrected chi connectivity index (χ4v) is 1.23. The molecular weight excluding hydrogens is 256 g/mol. The molecule has 2 aromatic rings. The highest BCUT2D eigenvalue weighted by Crippen LogP contribution is 2.26. The molecule has 0 unspecified atom stereocenters. The standard InChI is InChI=1S/C7H8O2.C6H5ClO2/c1-5-6(8)3-2-4-7(5)9;7-5-2-1-4(8)3-6(5)9/h2-4,8-9H,1H3;1-3,8-9H. The van der Waals surface area contributed by atoms with Gasteiger partial charge in [-0.25, -0.2) is 0 Å². The summed E-state index contributed by atoms with van der Waals surface area (Å²) >= 11 is 5.42. The highest BCUT2D eigenvalue weighted by molar-refractivity contribution is 6.32. The first-order valence-corrected chi connectivity index (χ1v) is 5.44. The minimum Gasteiger partial charge on any atom is -0.508 e. The Kier molecular flexibility index (Phi) is 4.68. The number of rotatable bonds is 0. The lowest BCUT2D eigenvalue weighted by Gasteiger charge is -1.98. The molecule has 2 rings (SSSR count). The Labute approximate surface area is 109 Å². The second-order valence-corrected chi connectivity index (χ2v) is 3.96. The zero-order valence-corrected chi connectivity index (χ0v) is 10.4. The van der Waals surface area contributed by atoms with E-state index in [9.17, 15) is 0 Å². The van der Waals surface area contributed by atoms with Crippen LogP contribution in [0.15, 0.2) is 36.4 Å². The van der Waals surface area contributed by atoms with E-state index in [1.54, 1.807) is 13.0 Å². The summed E-state index contributed by atoms with van der Waals surface area (Å²) in [6, 6.07) is 8.68. The van der Waals surface area contributed by atoms with Crippen molar-refractivity contribution in [1.82, 2.24) is 0 Å². The molecule has 0 heterocycles. The lowest BCUT2D eigenvalue weighted by atomic mass is 10.2. The zero-order chi connectivity index (χ0) is 13.7. The third kappa shape index (κ3) is 3.75. The summed E-state index contributed by atoms with van der Waals surface area (Å²) < 4.78 is 0. The van der Waals surface area contributed by atoms with E-state index in [1.807, 2.05) is 0 Å². The maximum Gasteiger partial charge on any atom is 0.137 e. The van der Waals surface area contributed by atoms with Crippen LogP contribution >= 0.6 is 11.6 Å². The van der Waals surface area contributed by atoms with Crippen molar-refractivity contribution in [2.45, 2.75) is 6.92 Å². The number of hydrogen-bond acceptors (Lipinski definition) is 4. The average molecular weight is 269 g/mol. The number of hydrogen-bond donors (Lipinski definition) is 4. The molecule has 0 aromatic heterocycles. The fraction of sp³-hybridized carbons (Fsp3) is 0.0769. The second kappa shape index (κ2) is 6.02. The van der Waals surface area contributed by atoms with Crippen LogP contribution in [-0.4, -0.2) is 20.4 Å². The molecular formula is C13H13ClO4. The van der Waals surface area contributed by atoms with E-state index in [4.69, 9.17) is 32.0 Å². The molecule has 0 saturated heterocycles. The van der Waals surface area contributed by atoms with Gasteiger partial charge in [0.1, 0.15) is 23.0 Å². The van der Waals surface area contributed by atoms with Gasteiger partial charge in [-0.05, 0) is 31.2 Å². The Hall–Kier alpha value is -2.07. The van der Waals surface area contributed by atoms with Gasteiger partial charge in [0.25, 0.3) is 0 Å². The molecule has 0 radical (unpaired) electrons. The molecule has 0 atom stereocenters. The van der Waals surface area contributed by atoms with Gasteiger partial charge in [0.2, 0.25) is 0 Å². The van der Waals surface area contributed by atoms with E-state index < -0.39 is 0 Å². The Morgan fingerprint density at radius 1 is 0.833 bits per heavy atom. The lowest BCUT2D eigenvalue weighted by Crippen LogP contribution is -1.73. The van der Waals surface area contributed by atoms with E-state index in [1.165, 1.54) is 30.3 Å². The molecule has 0 aliphatic heterocycles. The maximum atomic E-state index is 8.94. The third-order valence-electron chi connectivity index (χ3n) is 2.21. The van der Waals surface area contributed by atoms with Crippen molar-refractivity contribution in [3.63, 3.8) is 0 Å². The summed E-state index contributed by atoms with van der Waals surface area (Å²) in [6.45, 7) is 1.66. The molecule has 0 amide bonds. The highest BCUT2D eigenvalue weighted by atomic mass is 35.5. The first-order valence-electron chi connectivity index (χ1n) is 5.07. The fourth-order valence-electron chi connectivity index (χ4n) is 1.11. The van der Waals surface area contributed by atoms with Gasteiger partial charge in [-0.15, -0.1) is 0 Å². The van der Waals surface area contributed by atoms with Crippen molar-refractivity contribution in [3.05, 3.63) is 47.0 Å². The van der Waals surface area contributed by atoms with Crippen molar-refractivity contribution in [3.8, 4) is 23.0 Å². The van der Waals surface area contributed by atoms with E-state index in [0.29, 0.717) is 5.56 Å². The van der Waals surface area contributed by atoms with Crippen LogP contribution in [0.4, 0.5) is 0 Å². The first kappa shape index (κ1) is 14.0. The Bertz CT molecular complexity index is 520. The molecule has 18 heavy (non-hydrogen) atoms. The number of benzene rings is 2. The van der Waals surface area contributed by atoms with E-state index in [-0.39, 0.29) is 28.0 Å². The van der Waals surface area contributed by atoms with Crippen LogP contribution in [0.3, 0.4) is 0 Å². The Morgan fingerprint density at radius 2 is 1.39 bits per heavy atom. The van der Waals surface area contributed by atoms with Crippen LogP contribution in [-0.2, 0) is 0 Å². The SMILES string of the molecule is Cc1c(O)cccc1O.Oc1ccc(Cl)c(O)c1. The number of phenolic OH excluding ortho intramolecular Hbond substituents is 4. The van der Waals surface area contributed by atoms with Gasteiger partial charge in [0, 0.05) is 11.6 Å². The van der Waals surface area contributed by atoms with E-state index in [0.717, 1.165) is 0 Å². The summed E-state index contributed by atoms with van der Waals surface area (Å²) in [4.78, 5) is 0. The van der Waals surface area contributed by atoms with Gasteiger partial charge in [0.05, 0.1) is 5.02 Å². The molecule has 4 N–H and O–H groups in total. The summed E-state index contributed by atoms with van der Waals surface area (Å²) in [7, 11) is 0. The highest BCUT2D eigenvalue weighted by Gasteiger charge is 1.97. The van der Waals surface area contributed by atoms with Gasteiger partial charge in [-0.2, -0.15) is 0 Å². The molecule has 0 saturated carbocycles. The quantitative estimate of drug-likeness (QED) is 0.592. The molecule has 0 fully saturated rings. The van der Waals surface area contributed by atoms with Crippen molar-refractivity contribution in [2.75, 3.05) is 0 Å². The summed E-state index contributed by atoms with van der Waals surface area (Å²) in [5.74, 6) is 0.179. The van der Waals surface area contributed by atoms with Crippen molar-refractivity contribution in [1.29, 1.82) is 0 Å². The van der Waals surface area contributed by atoms with Crippen LogP contribution in [0.5, 0.6) is 23.0 Å². The predicted molar refractivity (Wildman–Crippen MR) is 69.3 cm³/mol. The van der Waals surface area contributed by atoms with Crippen molar-refractivity contribution in [2.24, 2.45) is 0 Å². The maximum absolute atomic E-state index is 8.94. The number of phenols is 4. The minimum absolute atomic E-state index is 0.0110. The largest absolute Gasteiger partial charge is 0.508 e. The molecule has 0 bridgehead atoms. The third-order valence-corrected chi connectivity index (χ3v) is 2.53. The van der Waals surface area contributed by atoms with Gasteiger partial charge < -0.3 is 20.4 Å². The molecule has 2 aromatic carbocycles. The summed E-state index contributed by atoms with van der Waals surface area (Å²) in [6.07, 6.45) is 0. The van der Waals surface area contributed by atoms with Crippen LogP contribution in [0.1, 0.15) is 5.56 Å². The van der Waals surface area contributed by atoms with Crippen LogP contribution in [0, 0.1) is 6.92 Å². The van der Waals surface area contributed by atoms with Crippen LogP contribution in [0.25, 0.3) is 0 Å². The predicted octanol–water partition coefficient (Wildman–Crippen LogP) is 3.16. The first-order chi connectivity index (χ1) is 8.41. The molecule has 0 aliphatic carbocycles. The van der Waals surface area contributed by atoms with Gasteiger partial charge >= 0.3 is 0 Å². The average Bonchev–Trinajstić information content (AvgIpc) is 2.32. The Morgan fingerprint density at radius 3 is 1.78 bits per heavy atom. The second-order valence-electron chi connectivity index (χ2n) is 3.56. The van der Waals surface area contributed by atoms with Crippen LogP contribution in [0.2, 0.25) is 5.02 Å². The van der Waals surface area contributed by atoms with Crippen molar-refractivity contribution < 1.29 is 20.4 Å². The smallest absolute Gasteiger partial charge is 0.137 e. The van der Waals surface area contributed by atoms with Crippen molar-refractivity contribution >= 4 is 11.6 Å². The van der Waals surface area contributed by atoms with Crippen LogP contribution < -0.4 is 0 Å². The van der Waals surface area contributed by atoms with E-state index >= 15 is 0 Å². The molecule has 4 nitrogen and oxygen atoms in total. The normalized spacial score (nSPS) is 9.44. The molecule has 96 valence electrons. The summed E-state index contributed by atoms with van der Waals surface area (Å²) in [5, 5.41) is 35.7. The minimum atomic E-state index is -0.100. The number of aromatic hydroxyl groups is 4. The van der Waals surface area contributed by atoms with Gasteiger partial charge in [-0.1, -0.05) is 17.7 Å². The summed E-state index contributed by atoms with van der Waals surface area (Å²) in [5.41, 5.74) is 0.525. The van der Waals surface area contributed by atoms with Gasteiger partial charge in [0.15, 0.2) is 0 Å². The topological polar surface area (TPSA) is 80.9 Å². The molecule has 0 aliphatic rings. The Balaban J connectivity index is 0.000000180. The molecule has 0 spiro atoms.